The normalized spacial score (nSPS) is 11.6. The van der Waals surface area contributed by atoms with Gasteiger partial charge in [-0.15, -0.1) is 0 Å². The highest BCUT2D eigenvalue weighted by molar-refractivity contribution is 9.10. The number of nitrogens with zero attached hydrogens (tertiary/aromatic N) is 3. The fourth-order valence-corrected chi connectivity index (χ4v) is 4.21. The van der Waals surface area contributed by atoms with Crippen molar-refractivity contribution in [1.29, 1.82) is 0 Å². The summed E-state index contributed by atoms with van der Waals surface area (Å²) in [6.07, 6.45) is 1.82. The van der Waals surface area contributed by atoms with E-state index < -0.39 is 0 Å². The first kappa shape index (κ1) is 16.6. The zero-order valence-electron chi connectivity index (χ0n) is 15.3. The molecule has 0 aliphatic heterocycles. The molecule has 0 radical (unpaired) electrons. The summed E-state index contributed by atoms with van der Waals surface area (Å²) in [5.41, 5.74) is 5.77. The third kappa shape index (κ3) is 2.60. The second-order valence-corrected chi connectivity index (χ2v) is 8.00. The molecule has 3 aromatic heterocycles. The number of pyridine rings is 3. The molecule has 0 saturated heterocycles. The number of hydrogen-bond acceptors (Lipinski definition) is 3. The third-order valence-corrected chi connectivity index (χ3v) is 5.85. The van der Waals surface area contributed by atoms with Crippen LogP contribution in [0.2, 0.25) is 0 Å². The number of rotatable bonds is 1. The van der Waals surface area contributed by atoms with Crippen LogP contribution in [0.3, 0.4) is 0 Å². The van der Waals surface area contributed by atoms with E-state index in [1.165, 1.54) is 0 Å². The maximum atomic E-state index is 5.13. The molecule has 0 atom stereocenters. The molecule has 0 unspecified atom stereocenters. The Morgan fingerprint density at radius 2 is 1.45 bits per heavy atom. The van der Waals surface area contributed by atoms with Gasteiger partial charge in [-0.2, -0.15) is 0 Å². The van der Waals surface area contributed by atoms with Crippen molar-refractivity contribution >= 4 is 59.5 Å². The zero-order valence-corrected chi connectivity index (χ0v) is 16.9. The molecule has 6 rings (SSSR count). The van der Waals surface area contributed by atoms with E-state index in [1.54, 1.807) is 0 Å². The number of para-hydroxylation sites is 1. The van der Waals surface area contributed by atoms with Crippen LogP contribution >= 0.6 is 15.9 Å². The number of fused-ring (bicyclic) bond motifs is 6. The van der Waals surface area contributed by atoms with Crippen LogP contribution < -0.4 is 0 Å². The van der Waals surface area contributed by atoms with Crippen LogP contribution in [-0.4, -0.2) is 15.0 Å². The fourth-order valence-electron chi connectivity index (χ4n) is 3.94. The molecule has 0 aliphatic carbocycles. The van der Waals surface area contributed by atoms with Gasteiger partial charge in [0, 0.05) is 37.8 Å². The van der Waals surface area contributed by atoms with E-state index in [4.69, 9.17) is 9.97 Å². The summed E-state index contributed by atoms with van der Waals surface area (Å²) in [6.45, 7) is 0. The van der Waals surface area contributed by atoms with Crippen molar-refractivity contribution < 1.29 is 0 Å². The summed E-state index contributed by atoms with van der Waals surface area (Å²) < 4.78 is 1.05. The Labute approximate surface area is 175 Å². The van der Waals surface area contributed by atoms with Gasteiger partial charge in [0.25, 0.3) is 0 Å². The van der Waals surface area contributed by atoms with Gasteiger partial charge in [-0.3, -0.25) is 4.98 Å². The highest BCUT2D eigenvalue weighted by atomic mass is 79.9. The molecule has 0 fully saturated rings. The van der Waals surface area contributed by atoms with E-state index in [2.05, 4.69) is 63.4 Å². The molecular formula is C25H14BrN3. The van der Waals surface area contributed by atoms with E-state index >= 15 is 0 Å². The lowest BCUT2D eigenvalue weighted by Crippen LogP contribution is -1.93. The molecular weight excluding hydrogens is 422 g/mol. The molecule has 4 heteroatoms. The summed E-state index contributed by atoms with van der Waals surface area (Å²) in [5, 5.41) is 4.27. The van der Waals surface area contributed by atoms with Gasteiger partial charge >= 0.3 is 0 Å². The highest BCUT2D eigenvalue weighted by Gasteiger charge is 2.14. The van der Waals surface area contributed by atoms with Crippen molar-refractivity contribution in [3.8, 4) is 11.3 Å². The van der Waals surface area contributed by atoms with Crippen LogP contribution in [0.5, 0.6) is 0 Å². The molecule has 3 aromatic carbocycles. The molecule has 0 amide bonds. The van der Waals surface area contributed by atoms with E-state index in [0.29, 0.717) is 0 Å². The van der Waals surface area contributed by atoms with Crippen LogP contribution in [0.25, 0.3) is 54.9 Å². The zero-order chi connectivity index (χ0) is 19.4. The van der Waals surface area contributed by atoms with Gasteiger partial charge < -0.3 is 0 Å². The predicted octanol–water partition coefficient (Wildman–Crippen LogP) is 6.91. The van der Waals surface area contributed by atoms with Crippen molar-refractivity contribution in [3.05, 3.63) is 89.5 Å². The molecule has 0 N–H and O–H groups in total. The van der Waals surface area contributed by atoms with Gasteiger partial charge in [0.1, 0.15) is 0 Å². The average molecular weight is 436 g/mol. The molecule has 29 heavy (non-hydrogen) atoms. The molecule has 3 nitrogen and oxygen atoms in total. The van der Waals surface area contributed by atoms with Crippen molar-refractivity contribution in [1.82, 2.24) is 15.0 Å². The fraction of sp³-hybridized carbons (Fsp3) is 0. The van der Waals surface area contributed by atoms with Gasteiger partial charge in [-0.25, -0.2) is 9.97 Å². The van der Waals surface area contributed by atoms with E-state index in [9.17, 15) is 0 Å². The Morgan fingerprint density at radius 3 is 2.34 bits per heavy atom. The first-order chi connectivity index (χ1) is 14.3. The minimum Gasteiger partial charge on any atom is -0.254 e. The minimum atomic E-state index is 0.925. The summed E-state index contributed by atoms with van der Waals surface area (Å²) >= 11 is 3.52. The minimum absolute atomic E-state index is 0.925. The summed E-state index contributed by atoms with van der Waals surface area (Å²) in [6, 6.07) is 26.9. The number of halogens is 1. The van der Waals surface area contributed by atoms with Gasteiger partial charge in [0.2, 0.25) is 0 Å². The number of hydrogen-bond donors (Lipinski definition) is 0. The van der Waals surface area contributed by atoms with Crippen LogP contribution in [0.1, 0.15) is 0 Å². The lowest BCUT2D eigenvalue weighted by molar-refractivity contribution is 1.39. The Morgan fingerprint density at radius 1 is 0.621 bits per heavy atom. The van der Waals surface area contributed by atoms with E-state index in [0.717, 1.165) is 59.3 Å². The quantitative estimate of drug-likeness (QED) is 0.208. The maximum absolute atomic E-state index is 5.13. The molecule has 6 aromatic rings. The van der Waals surface area contributed by atoms with Crippen molar-refractivity contribution in [3.63, 3.8) is 0 Å². The second kappa shape index (κ2) is 6.33. The largest absolute Gasteiger partial charge is 0.254 e. The Bertz CT molecular complexity index is 1560. The molecule has 136 valence electrons. The lowest BCUT2D eigenvalue weighted by Gasteiger charge is -2.12. The van der Waals surface area contributed by atoms with Crippen LogP contribution in [0.15, 0.2) is 89.5 Å². The maximum Gasteiger partial charge on any atom is 0.0972 e. The van der Waals surface area contributed by atoms with E-state index in [1.807, 2.05) is 42.6 Å². The van der Waals surface area contributed by atoms with Gasteiger partial charge in [-0.05, 0) is 30.3 Å². The standard InChI is InChI=1S/C25H14BrN3/c26-18-11-9-16(10-12-18)22-20-14-17-8-7-15-4-3-13-27-23(15)24(17)29-25(20)19-5-1-2-6-21(19)28-22/h1-14H. The molecule has 0 bridgehead atoms. The Balaban J connectivity index is 1.81. The monoisotopic (exact) mass is 435 g/mol. The van der Waals surface area contributed by atoms with Gasteiger partial charge in [0.05, 0.1) is 27.8 Å². The SMILES string of the molecule is Brc1ccc(-c2nc3ccccc3c3nc4c(ccc5cccnc54)cc23)cc1. The predicted molar refractivity (Wildman–Crippen MR) is 123 cm³/mol. The average Bonchev–Trinajstić information content (AvgIpc) is 2.78. The molecule has 0 aliphatic rings. The topological polar surface area (TPSA) is 38.7 Å². The number of benzene rings is 3. The Hall–Kier alpha value is -3.37. The smallest absolute Gasteiger partial charge is 0.0972 e. The van der Waals surface area contributed by atoms with Gasteiger partial charge in [0.15, 0.2) is 0 Å². The van der Waals surface area contributed by atoms with Crippen molar-refractivity contribution in [2.24, 2.45) is 0 Å². The lowest BCUT2D eigenvalue weighted by atomic mass is 10.0. The van der Waals surface area contributed by atoms with E-state index in [-0.39, 0.29) is 0 Å². The highest BCUT2D eigenvalue weighted by Crippen LogP contribution is 2.35. The van der Waals surface area contributed by atoms with Crippen molar-refractivity contribution in [2.45, 2.75) is 0 Å². The van der Waals surface area contributed by atoms with Crippen LogP contribution in [0, 0.1) is 0 Å². The van der Waals surface area contributed by atoms with Gasteiger partial charge in [-0.1, -0.05) is 64.5 Å². The first-order valence-electron chi connectivity index (χ1n) is 9.41. The number of aromatic nitrogens is 3. The summed E-state index contributed by atoms with van der Waals surface area (Å²) in [4.78, 5) is 14.7. The summed E-state index contributed by atoms with van der Waals surface area (Å²) in [5.74, 6) is 0. The molecule has 3 heterocycles. The molecule has 0 spiro atoms. The van der Waals surface area contributed by atoms with Crippen molar-refractivity contribution in [2.75, 3.05) is 0 Å². The second-order valence-electron chi connectivity index (χ2n) is 7.08. The Kier molecular flexibility index (Phi) is 3.61. The first-order valence-corrected chi connectivity index (χ1v) is 10.2. The summed E-state index contributed by atoms with van der Waals surface area (Å²) in [7, 11) is 0. The van der Waals surface area contributed by atoms with Crippen LogP contribution in [-0.2, 0) is 0 Å². The van der Waals surface area contributed by atoms with Crippen LogP contribution in [0.4, 0.5) is 0 Å². The third-order valence-electron chi connectivity index (χ3n) is 5.32. The molecule has 0 saturated carbocycles.